The molecule has 1 heterocycles. The Kier molecular flexibility index (Phi) is 4.99. The first-order chi connectivity index (χ1) is 11.7. The lowest BCUT2D eigenvalue weighted by Crippen LogP contribution is -2.20. The van der Waals surface area contributed by atoms with Gasteiger partial charge in [-0.05, 0) is 41.0 Å². The minimum absolute atomic E-state index is 0.121. The van der Waals surface area contributed by atoms with Crippen LogP contribution in [-0.2, 0) is 17.9 Å². The number of aromatic nitrogens is 1. The van der Waals surface area contributed by atoms with E-state index in [0.29, 0.717) is 13.1 Å². The molecule has 0 radical (unpaired) electrons. The van der Waals surface area contributed by atoms with Crippen molar-refractivity contribution >= 4 is 22.9 Å². The van der Waals surface area contributed by atoms with Gasteiger partial charge < -0.3 is 11.1 Å². The van der Waals surface area contributed by atoms with Crippen LogP contribution < -0.4 is 11.1 Å². The van der Waals surface area contributed by atoms with E-state index in [1.54, 1.807) is 18.3 Å². The topological polar surface area (TPSA) is 68.0 Å². The maximum Gasteiger partial charge on any atom is 0.244 e. The first-order valence-corrected chi connectivity index (χ1v) is 7.83. The van der Waals surface area contributed by atoms with Crippen molar-refractivity contribution in [1.29, 1.82) is 0 Å². The third-order valence-corrected chi connectivity index (χ3v) is 3.78. The van der Waals surface area contributed by atoms with Gasteiger partial charge in [-0.1, -0.05) is 36.4 Å². The summed E-state index contributed by atoms with van der Waals surface area (Å²) < 4.78 is 0. The van der Waals surface area contributed by atoms with E-state index >= 15 is 0 Å². The lowest BCUT2D eigenvalue weighted by Gasteiger charge is -2.04. The number of carbonyl (C=O) groups is 1. The van der Waals surface area contributed by atoms with E-state index in [-0.39, 0.29) is 5.91 Å². The molecule has 3 N–H and O–H groups in total. The van der Waals surface area contributed by atoms with Gasteiger partial charge >= 0.3 is 0 Å². The van der Waals surface area contributed by atoms with E-state index in [2.05, 4.69) is 10.3 Å². The number of nitrogens with one attached hydrogen (secondary N) is 1. The number of hydrogen-bond donors (Lipinski definition) is 2. The molecule has 1 amide bonds. The fraction of sp³-hybridized carbons (Fsp3) is 0.100. The van der Waals surface area contributed by atoms with Crippen LogP contribution in [0, 0.1) is 0 Å². The first kappa shape index (κ1) is 15.9. The number of fused-ring (bicyclic) bond motifs is 1. The summed E-state index contributed by atoms with van der Waals surface area (Å²) in [4.78, 5) is 16.2. The van der Waals surface area contributed by atoms with Gasteiger partial charge in [-0.3, -0.25) is 9.78 Å². The molecule has 0 saturated heterocycles. The minimum Gasteiger partial charge on any atom is -0.348 e. The van der Waals surface area contributed by atoms with Crippen molar-refractivity contribution in [1.82, 2.24) is 10.3 Å². The second-order valence-electron chi connectivity index (χ2n) is 5.53. The number of nitrogens with two attached hydrogens (primary N) is 1. The summed E-state index contributed by atoms with van der Waals surface area (Å²) in [6.45, 7) is 1.02. The van der Waals surface area contributed by atoms with Crippen LogP contribution in [0.1, 0.15) is 16.7 Å². The Morgan fingerprint density at radius 1 is 1.08 bits per heavy atom. The number of rotatable bonds is 5. The van der Waals surface area contributed by atoms with E-state index in [0.717, 1.165) is 27.6 Å². The van der Waals surface area contributed by atoms with Crippen molar-refractivity contribution in [3.8, 4) is 0 Å². The van der Waals surface area contributed by atoms with Gasteiger partial charge in [-0.25, -0.2) is 0 Å². The molecule has 0 aliphatic carbocycles. The molecule has 4 heteroatoms. The maximum absolute atomic E-state index is 11.9. The van der Waals surface area contributed by atoms with Gasteiger partial charge in [-0.2, -0.15) is 0 Å². The van der Waals surface area contributed by atoms with E-state index in [9.17, 15) is 4.79 Å². The van der Waals surface area contributed by atoms with Crippen molar-refractivity contribution in [3.05, 3.63) is 83.6 Å². The Morgan fingerprint density at radius 2 is 1.88 bits per heavy atom. The van der Waals surface area contributed by atoms with E-state index < -0.39 is 0 Å². The molecule has 0 fully saturated rings. The predicted molar refractivity (Wildman–Crippen MR) is 97.0 cm³/mol. The summed E-state index contributed by atoms with van der Waals surface area (Å²) in [5.74, 6) is -0.121. The fourth-order valence-corrected chi connectivity index (χ4v) is 2.41. The summed E-state index contributed by atoms with van der Waals surface area (Å²) in [5.41, 5.74) is 9.61. The van der Waals surface area contributed by atoms with Crippen LogP contribution in [0.15, 0.2) is 66.9 Å². The first-order valence-electron chi connectivity index (χ1n) is 7.83. The third-order valence-electron chi connectivity index (χ3n) is 3.78. The Balaban J connectivity index is 1.59. The van der Waals surface area contributed by atoms with Gasteiger partial charge in [0.2, 0.25) is 5.91 Å². The molecule has 0 unspecified atom stereocenters. The van der Waals surface area contributed by atoms with Crippen LogP contribution in [0.2, 0.25) is 0 Å². The van der Waals surface area contributed by atoms with E-state index in [1.807, 2.05) is 54.6 Å². The minimum atomic E-state index is -0.121. The zero-order valence-electron chi connectivity index (χ0n) is 13.3. The van der Waals surface area contributed by atoms with Crippen molar-refractivity contribution in [2.24, 2.45) is 5.73 Å². The van der Waals surface area contributed by atoms with Crippen molar-refractivity contribution in [3.63, 3.8) is 0 Å². The van der Waals surface area contributed by atoms with Gasteiger partial charge in [0.25, 0.3) is 0 Å². The summed E-state index contributed by atoms with van der Waals surface area (Å²) in [6, 6.07) is 17.7. The second-order valence-corrected chi connectivity index (χ2v) is 5.53. The Bertz CT molecular complexity index is 869. The molecule has 0 aliphatic heterocycles. The predicted octanol–water partition coefficient (Wildman–Crippen LogP) is 3.02. The molecule has 4 nitrogen and oxygen atoms in total. The van der Waals surface area contributed by atoms with Gasteiger partial charge in [-0.15, -0.1) is 0 Å². The fourth-order valence-electron chi connectivity index (χ4n) is 2.41. The van der Waals surface area contributed by atoms with E-state index in [1.165, 1.54) is 0 Å². The van der Waals surface area contributed by atoms with Gasteiger partial charge in [0, 0.05) is 30.7 Å². The number of amides is 1. The molecule has 0 bridgehead atoms. The molecule has 120 valence electrons. The quantitative estimate of drug-likeness (QED) is 0.711. The number of hydrogen-bond acceptors (Lipinski definition) is 3. The van der Waals surface area contributed by atoms with Crippen molar-refractivity contribution in [2.45, 2.75) is 13.1 Å². The van der Waals surface area contributed by atoms with E-state index in [4.69, 9.17) is 5.73 Å². The highest BCUT2D eigenvalue weighted by molar-refractivity contribution is 5.92. The highest BCUT2D eigenvalue weighted by Gasteiger charge is 1.98. The number of nitrogens with zero attached hydrogens (tertiary/aromatic N) is 1. The molecule has 3 rings (SSSR count). The van der Waals surface area contributed by atoms with Crippen LogP contribution in [0.25, 0.3) is 17.0 Å². The van der Waals surface area contributed by atoms with Crippen LogP contribution in [0.4, 0.5) is 0 Å². The molecule has 0 atom stereocenters. The van der Waals surface area contributed by atoms with Crippen molar-refractivity contribution in [2.75, 3.05) is 0 Å². The summed E-state index contributed by atoms with van der Waals surface area (Å²) in [6.07, 6.45) is 5.12. The molecular formula is C20H19N3O. The summed E-state index contributed by atoms with van der Waals surface area (Å²) in [5, 5.41) is 3.93. The molecule has 0 saturated carbocycles. The van der Waals surface area contributed by atoms with Crippen LogP contribution in [0.3, 0.4) is 0 Å². The van der Waals surface area contributed by atoms with Crippen LogP contribution >= 0.6 is 0 Å². The molecule has 1 aromatic heterocycles. The number of carbonyl (C=O) groups excluding carboxylic acids is 1. The average Bonchev–Trinajstić information content (AvgIpc) is 2.65. The smallest absolute Gasteiger partial charge is 0.244 e. The molecule has 3 aromatic rings. The second kappa shape index (κ2) is 7.53. The van der Waals surface area contributed by atoms with Gasteiger partial charge in [0.05, 0.1) is 5.52 Å². The molecular weight excluding hydrogens is 298 g/mol. The number of pyridine rings is 1. The summed E-state index contributed by atoms with van der Waals surface area (Å²) in [7, 11) is 0. The summed E-state index contributed by atoms with van der Waals surface area (Å²) >= 11 is 0. The van der Waals surface area contributed by atoms with Gasteiger partial charge in [0.1, 0.15) is 0 Å². The zero-order valence-corrected chi connectivity index (χ0v) is 13.3. The van der Waals surface area contributed by atoms with Gasteiger partial charge in [0.15, 0.2) is 0 Å². The third kappa shape index (κ3) is 4.06. The lowest BCUT2D eigenvalue weighted by atomic mass is 10.1. The largest absolute Gasteiger partial charge is 0.348 e. The average molecular weight is 317 g/mol. The molecule has 2 aromatic carbocycles. The monoisotopic (exact) mass is 317 g/mol. The standard InChI is InChI=1S/C20H19N3O/c21-13-16-3-5-17(6-4-16)14-23-20(24)10-8-15-7-9-19-18(12-15)2-1-11-22-19/h1-12H,13-14,21H2,(H,23,24)/b10-8+. The molecule has 0 spiro atoms. The van der Waals surface area contributed by atoms with Crippen LogP contribution in [0.5, 0.6) is 0 Å². The zero-order chi connectivity index (χ0) is 16.8. The SMILES string of the molecule is NCc1ccc(CNC(=O)/C=C/c2ccc3ncccc3c2)cc1. The Morgan fingerprint density at radius 3 is 2.67 bits per heavy atom. The Hall–Kier alpha value is -2.98. The highest BCUT2D eigenvalue weighted by Crippen LogP contribution is 2.14. The highest BCUT2D eigenvalue weighted by atomic mass is 16.1. The Labute approximate surface area is 141 Å². The molecule has 24 heavy (non-hydrogen) atoms. The molecule has 0 aliphatic rings. The maximum atomic E-state index is 11.9. The normalized spacial score (nSPS) is 11.0. The lowest BCUT2D eigenvalue weighted by molar-refractivity contribution is -0.116. The van der Waals surface area contributed by atoms with Crippen molar-refractivity contribution < 1.29 is 4.79 Å². The number of benzene rings is 2. The van der Waals surface area contributed by atoms with Crippen LogP contribution in [-0.4, -0.2) is 10.9 Å².